The maximum atomic E-state index is 4.40. The third kappa shape index (κ3) is 3.52. The minimum atomic E-state index is 0.545. The lowest BCUT2D eigenvalue weighted by atomic mass is 10.3. The van der Waals surface area contributed by atoms with E-state index in [1.54, 1.807) is 0 Å². The third-order valence-corrected chi connectivity index (χ3v) is 1.73. The summed E-state index contributed by atoms with van der Waals surface area (Å²) in [4.78, 5) is 0. The fraction of sp³-hybridized carbons (Fsp3) is 1.00. The van der Waals surface area contributed by atoms with Crippen LogP contribution in [0.25, 0.3) is 0 Å². The predicted molar refractivity (Wildman–Crippen MR) is 39.5 cm³/mol. The van der Waals surface area contributed by atoms with Gasteiger partial charge in [-0.15, -0.1) is 0 Å². The summed E-state index contributed by atoms with van der Waals surface area (Å²) >= 11 is 0. The summed E-state index contributed by atoms with van der Waals surface area (Å²) < 4.78 is 0. The van der Waals surface area contributed by atoms with E-state index >= 15 is 0 Å². The minimum Gasteiger partial charge on any atom is -0.239 e. The van der Waals surface area contributed by atoms with Gasteiger partial charge in [0.1, 0.15) is 0 Å². The average Bonchev–Trinajstić information content (AvgIpc) is 2.48. The maximum absolute atomic E-state index is 4.40. The molecule has 0 bridgehead atoms. The van der Waals surface area contributed by atoms with Crippen molar-refractivity contribution >= 4 is 0 Å². The van der Waals surface area contributed by atoms with Gasteiger partial charge in [-0.05, 0) is 26.2 Å². The third-order valence-electron chi connectivity index (χ3n) is 1.73. The Kier molecular flexibility index (Phi) is 2.52. The van der Waals surface area contributed by atoms with Gasteiger partial charge in [-0.3, -0.25) is 0 Å². The zero-order chi connectivity index (χ0) is 6.69. The Morgan fingerprint density at radius 3 is 2.56 bits per heavy atom. The van der Waals surface area contributed by atoms with Crippen LogP contribution in [-0.4, -0.2) is 12.6 Å². The SMILES string of the molecule is CC(C)[N]CCC1CC1. The van der Waals surface area contributed by atoms with Crippen molar-refractivity contribution in [3.05, 3.63) is 0 Å². The summed E-state index contributed by atoms with van der Waals surface area (Å²) in [5, 5.41) is 4.40. The van der Waals surface area contributed by atoms with E-state index in [4.69, 9.17) is 0 Å². The lowest BCUT2D eigenvalue weighted by Gasteiger charge is -2.02. The molecule has 0 aromatic carbocycles. The van der Waals surface area contributed by atoms with Crippen LogP contribution in [0.2, 0.25) is 0 Å². The Balaban J connectivity index is 1.81. The van der Waals surface area contributed by atoms with Gasteiger partial charge in [-0.2, -0.15) is 0 Å². The summed E-state index contributed by atoms with van der Waals surface area (Å²) in [6, 6.07) is 0.545. The zero-order valence-corrected chi connectivity index (χ0v) is 6.43. The van der Waals surface area contributed by atoms with Crippen LogP contribution in [-0.2, 0) is 0 Å². The van der Waals surface area contributed by atoms with Crippen molar-refractivity contribution in [2.75, 3.05) is 6.54 Å². The quantitative estimate of drug-likeness (QED) is 0.545. The molecule has 1 aliphatic rings. The number of hydrogen-bond donors (Lipinski definition) is 0. The summed E-state index contributed by atoms with van der Waals surface area (Å²) in [6.45, 7) is 5.39. The molecule has 1 aliphatic carbocycles. The molecular weight excluding hydrogens is 110 g/mol. The van der Waals surface area contributed by atoms with Crippen molar-refractivity contribution in [1.82, 2.24) is 5.32 Å². The molecule has 0 aliphatic heterocycles. The topological polar surface area (TPSA) is 14.1 Å². The molecule has 0 atom stereocenters. The first kappa shape index (κ1) is 7.07. The Bertz CT molecular complexity index is 72.6. The molecule has 0 amide bonds. The van der Waals surface area contributed by atoms with Crippen molar-refractivity contribution in [2.24, 2.45) is 5.92 Å². The van der Waals surface area contributed by atoms with E-state index < -0.39 is 0 Å². The van der Waals surface area contributed by atoms with Gasteiger partial charge in [0.2, 0.25) is 0 Å². The van der Waals surface area contributed by atoms with Crippen LogP contribution in [0, 0.1) is 5.92 Å². The first-order valence-electron chi connectivity index (χ1n) is 3.95. The highest BCUT2D eigenvalue weighted by Crippen LogP contribution is 2.31. The van der Waals surface area contributed by atoms with Crippen molar-refractivity contribution in [1.29, 1.82) is 0 Å². The first-order valence-corrected chi connectivity index (χ1v) is 3.95. The molecule has 1 heteroatoms. The van der Waals surface area contributed by atoms with Gasteiger partial charge in [-0.25, -0.2) is 5.32 Å². The second-order valence-corrected chi connectivity index (χ2v) is 3.23. The highest BCUT2D eigenvalue weighted by molar-refractivity contribution is 4.73. The van der Waals surface area contributed by atoms with Crippen LogP contribution in [0.3, 0.4) is 0 Å². The van der Waals surface area contributed by atoms with Crippen LogP contribution in [0.5, 0.6) is 0 Å². The van der Waals surface area contributed by atoms with Crippen molar-refractivity contribution in [2.45, 2.75) is 39.2 Å². The van der Waals surface area contributed by atoms with Crippen LogP contribution in [0.15, 0.2) is 0 Å². The Hall–Kier alpha value is -0.0400. The second kappa shape index (κ2) is 3.21. The van der Waals surface area contributed by atoms with Crippen LogP contribution >= 0.6 is 0 Å². The fourth-order valence-corrected chi connectivity index (χ4v) is 0.922. The number of hydrogen-bond acceptors (Lipinski definition) is 0. The molecule has 0 saturated heterocycles. The summed E-state index contributed by atoms with van der Waals surface area (Å²) in [6.07, 6.45) is 4.28. The predicted octanol–water partition coefficient (Wildman–Crippen LogP) is 1.80. The minimum absolute atomic E-state index is 0.545. The smallest absolute Gasteiger partial charge is 0.0189 e. The molecule has 1 rings (SSSR count). The largest absolute Gasteiger partial charge is 0.239 e. The van der Waals surface area contributed by atoms with Gasteiger partial charge in [0.25, 0.3) is 0 Å². The van der Waals surface area contributed by atoms with Gasteiger partial charge in [0.05, 0.1) is 0 Å². The van der Waals surface area contributed by atoms with E-state index in [1.165, 1.54) is 19.3 Å². The van der Waals surface area contributed by atoms with E-state index in [1.807, 2.05) is 0 Å². The Labute approximate surface area is 57.8 Å². The van der Waals surface area contributed by atoms with Gasteiger partial charge in [-0.1, -0.05) is 12.8 Å². The molecule has 53 valence electrons. The fourth-order valence-electron chi connectivity index (χ4n) is 0.922. The molecule has 1 nitrogen and oxygen atoms in total. The van der Waals surface area contributed by atoms with Crippen molar-refractivity contribution in [3.8, 4) is 0 Å². The molecule has 1 radical (unpaired) electrons. The first-order chi connectivity index (χ1) is 4.29. The molecular formula is C8H16N. The average molecular weight is 126 g/mol. The lowest BCUT2D eigenvalue weighted by Crippen LogP contribution is -2.15. The monoisotopic (exact) mass is 126 g/mol. The van der Waals surface area contributed by atoms with Gasteiger partial charge in [0, 0.05) is 12.6 Å². The van der Waals surface area contributed by atoms with Gasteiger partial charge < -0.3 is 0 Å². The number of rotatable bonds is 4. The van der Waals surface area contributed by atoms with E-state index in [0.29, 0.717) is 6.04 Å². The Morgan fingerprint density at radius 2 is 2.11 bits per heavy atom. The molecule has 9 heavy (non-hydrogen) atoms. The molecule has 0 unspecified atom stereocenters. The van der Waals surface area contributed by atoms with Crippen LogP contribution < -0.4 is 5.32 Å². The van der Waals surface area contributed by atoms with E-state index in [9.17, 15) is 0 Å². The molecule has 0 spiro atoms. The van der Waals surface area contributed by atoms with E-state index in [-0.39, 0.29) is 0 Å². The van der Waals surface area contributed by atoms with E-state index in [0.717, 1.165) is 12.5 Å². The van der Waals surface area contributed by atoms with Crippen LogP contribution in [0.4, 0.5) is 0 Å². The van der Waals surface area contributed by atoms with Gasteiger partial charge in [0.15, 0.2) is 0 Å². The highest BCUT2D eigenvalue weighted by atomic mass is 14.9. The zero-order valence-electron chi connectivity index (χ0n) is 6.43. The molecule has 0 N–H and O–H groups in total. The summed E-state index contributed by atoms with van der Waals surface area (Å²) in [5.41, 5.74) is 0. The summed E-state index contributed by atoms with van der Waals surface area (Å²) in [7, 11) is 0. The molecule has 0 aromatic rings. The van der Waals surface area contributed by atoms with Crippen LogP contribution in [0.1, 0.15) is 33.1 Å². The number of nitrogens with zero attached hydrogens (tertiary/aromatic N) is 1. The normalized spacial score (nSPS) is 19.0. The highest BCUT2D eigenvalue weighted by Gasteiger charge is 2.20. The lowest BCUT2D eigenvalue weighted by molar-refractivity contribution is 0.539. The molecule has 0 aromatic heterocycles. The molecule has 1 fully saturated rings. The van der Waals surface area contributed by atoms with E-state index in [2.05, 4.69) is 19.2 Å². The Morgan fingerprint density at radius 1 is 1.44 bits per heavy atom. The van der Waals surface area contributed by atoms with Crippen molar-refractivity contribution < 1.29 is 0 Å². The maximum Gasteiger partial charge on any atom is 0.0189 e. The molecule has 0 heterocycles. The second-order valence-electron chi connectivity index (χ2n) is 3.23. The standard InChI is InChI=1S/C8H16N/c1-7(2)9-6-5-8-3-4-8/h7-8H,3-6H2,1-2H3. The van der Waals surface area contributed by atoms with Gasteiger partial charge >= 0.3 is 0 Å². The van der Waals surface area contributed by atoms with Crippen molar-refractivity contribution in [3.63, 3.8) is 0 Å². The molecule has 1 saturated carbocycles. The summed E-state index contributed by atoms with van der Waals surface area (Å²) in [5.74, 6) is 1.05.